The van der Waals surface area contributed by atoms with Crippen molar-refractivity contribution in [2.45, 2.75) is 26.4 Å². The first-order chi connectivity index (χ1) is 10.6. The Balaban J connectivity index is 0.00000264. The first kappa shape index (κ1) is 19.7. The summed E-state index contributed by atoms with van der Waals surface area (Å²) in [6, 6.07) is 16.0. The molecule has 0 fully saturated rings. The Labute approximate surface area is 152 Å². The highest BCUT2D eigenvalue weighted by Crippen LogP contribution is 2.18. The van der Waals surface area contributed by atoms with E-state index in [1.54, 1.807) is 19.1 Å². The quantitative estimate of drug-likeness (QED) is 0.703. The van der Waals surface area contributed by atoms with Gasteiger partial charge in [0.05, 0.1) is 12.2 Å². The van der Waals surface area contributed by atoms with Gasteiger partial charge in [-0.05, 0) is 49.2 Å². The molecule has 1 N–H and O–H groups in total. The zero-order valence-electron chi connectivity index (χ0n) is 13.2. The molecule has 0 aliphatic heterocycles. The van der Waals surface area contributed by atoms with Gasteiger partial charge in [-0.25, -0.2) is 4.79 Å². The Morgan fingerprint density at radius 1 is 1.22 bits per heavy atom. The average molecular weight is 399 g/mol. The van der Waals surface area contributed by atoms with Crippen molar-refractivity contribution in [3.05, 3.63) is 69.7 Å². The van der Waals surface area contributed by atoms with Crippen molar-refractivity contribution in [3.8, 4) is 0 Å². The fourth-order valence-corrected chi connectivity index (χ4v) is 2.55. The van der Waals surface area contributed by atoms with Gasteiger partial charge in [-0.15, -0.1) is 12.4 Å². The van der Waals surface area contributed by atoms with E-state index in [4.69, 9.17) is 4.74 Å². The van der Waals surface area contributed by atoms with Crippen molar-refractivity contribution >= 4 is 34.3 Å². The summed E-state index contributed by atoms with van der Waals surface area (Å²) in [5, 5.41) is 3.48. The lowest BCUT2D eigenvalue weighted by Gasteiger charge is -2.15. The first-order valence-corrected chi connectivity index (χ1v) is 8.14. The number of benzene rings is 2. The molecule has 0 heterocycles. The number of carbonyl (C=O) groups excluding carboxylic acids is 1. The summed E-state index contributed by atoms with van der Waals surface area (Å²) in [4.78, 5) is 11.6. The van der Waals surface area contributed by atoms with Gasteiger partial charge < -0.3 is 10.1 Å². The highest BCUT2D eigenvalue weighted by molar-refractivity contribution is 9.10. The van der Waals surface area contributed by atoms with Gasteiger partial charge in [-0.1, -0.05) is 40.2 Å². The lowest BCUT2D eigenvalue weighted by atomic mass is 10.1. The maximum Gasteiger partial charge on any atom is 0.338 e. The van der Waals surface area contributed by atoms with Crippen molar-refractivity contribution in [2.75, 3.05) is 6.61 Å². The van der Waals surface area contributed by atoms with E-state index < -0.39 is 0 Å². The molecule has 0 aliphatic carbocycles. The maximum absolute atomic E-state index is 11.6. The number of halogens is 2. The fraction of sp³-hybridized carbons (Fsp3) is 0.278. The van der Waals surface area contributed by atoms with Crippen LogP contribution in [0.25, 0.3) is 0 Å². The average Bonchev–Trinajstić information content (AvgIpc) is 2.53. The van der Waals surface area contributed by atoms with Crippen LogP contribution in [0.15, 0.2) is 53.0 Å². The van der Waals surface area contributed by atoms with Crippen LogP contribution < -0.4 is 5.32 Å². The van der Waals surface area contributed by atoms with Gasteiger partial charge in [-0.3, -0.25) is 0 Å². The Kier molecular flexibility index (Phi) is 8.31. The van der Waals surface area contributed by atoms with Crippen LogP contribution in [0.4, 0.5) is 0 Å². The highest BCUT2D eigenvalue weighted by atomic mass is 79.9. The van der Waals surface area contributed by atoms with Gasteiger partial charge in [0.1, 0.15) is 0 Å². The van der Waals surface area contributed by atoms with Crippen LogP contribution in [-0.4, -0.2) is 12.6 Å². The number of nitrogens with one attached hydrogen (secondary N) is 1. The molecule has 2 aromatic rings. The van der Waals surface area contributed by atoms with Crippen molar-refractivity contribution in [2.24, 2.45) is 0 Å². The number of rotatable bonds is 6. The van der Waals surface area contributed by atoms with E-state index >= 15 is 0 Å². The molecule has 2 aromatic carbocycles. The molecular weight excluding hydrogens is 378 g/mol. The zero-order chi connectivity index (χ0) is 15.9. The summed E-state index contributed by atoms with van der Waals surface area (Å²) in [5.41, 5.74) is 2.96. The number of hydrogen-bond donors (Lipinski definition) is 1. The first-order valence-electron chi connectivity index (χ1n) is 7.35. The minimum absolute atomic E-state index is 0. The monoisotopic (exact) mass is 397 g/mol. The minimum atomic E-state index is -0.274. The molecule has 0 aliphatic rings. The van der Waals surface area contributed by atoms with Gasteiger partial charge in [0, 0.05) is 17.1 Å². The molecule has 2 rings (SSSR count). The largest absolute Gasteiger partial charge is 0.462 e. The van der Waals surface area contributed by atoms with Crippen LogP contribution in [0, 0.1) is 0 Å². The third-order valence-corrected chi connectivity index (χ3v) is 3.92. The van der Waals surface area contributed by atoms with E-state index in [0.717, 1.165) is 16.6 Å². The highest BCUT2D eigenvalue weighted by Gasteiger charge is 2.07. The van der Waals surface area contributed by atoms with Gasteiger partial charge in [0.25, 0.3) is 0 Å². The van der Waals surface area contributed by atoms with Crippen LogP contribution in [0.3, 0.4) is 0 Å². The number of hydrogen-bond acceptors (Lipinski definition) is 3. The van der Waals surface area contributed by atoms with Crippen LogP contribution in [0.1, 0.15) is 41.4 Å². The van der Waals surface area contributed by atoms with Crippen LogP contribution in [0.2, 0.25) is 0 Å². The molecule has 23 heavy (non-hydrogen) atoms. The molecule has 5 heteroatoms. The van der Waals surface area contributed by atoms with E-state index in [2.05, 4.69) is 40.3 Å². The van der Waals surface area contributed by atoms with E-state index in [1.807, 2.05) is 24.3 Å². The lowest BCUT2D eigenvalue weighted by molar-refractivity contribution is 0.0526. The summed E-state index contributed by atoms with van der Waals surface area (Å²) in [6.45, 7) is 5.08. The minimum Gasteiger partial charge on any atom is -0.462 e. The SMILES string of the molecule is CCOC(=O)c1ccc(CNC(C)c2cccc(Br)c2)cc1.Cl. The van der Waals surface area contributed by atoms with Crippen LogP contribution >= 0.6 is 28.3 Å². The van der Waals surface area contributed by atoms with E-state index in [1.165, 1.54) is 5.56 Å². The molecule has 0 saturated carbocycles. The maximum atomic E-state index is 11.6. The van der Waals surface area contributed by atoms with Gasteiger partial charge in [0.15, 0.2) is 0 Å². The molecule has 0 amide bonds. The number of ether oxygens (including phenoxy) is 1. The second-order valence-electron chi connectivity index (χ2n) is 5.07. The third kappa shape index (κ3) is 5.98. The summed E-state index contributed by atoms with van der Waals surface area (Å²) in [7, 11) is 0. The van der Waals surface area contributed by atoms with E-state index in [0.29, 0.717) is 12.2 Å². The topological polar surface area (TPSA) is 38.3 Å². The molecule has 0 saturated heterocycles. The normalized spacial score (nSPS) is 11.4. The molecule has 3 nitrogen and oxygen atoms in total. The predicted octanol–water partition coefficient (Wildman–Crippen LogP) is 4.90. The second-order valence-corrected chi connectivity index (χ2v) is 5.99. The smallest absolute Gasteiger partial charge is 0.338 e. The van der Waals surface area contributed by atoms with Gasteiger partial charge >= 0.3 is 5.97 Å². The summed E-state index contributed by atoms with van der Waals surface area (Å²) in [6.07, 6.45) is 0. The second kappa shape index (κ2) is 9.71. The van der Waals surface area contributed by atoms with E-state index in [-0.39, 0.29) is 24.4 Å². The fourth-order valence-electron chi connectivity index (χ4n) is 2.14. The molecule has 0 bridgehead atoms. The summed E-state index contributed by atoms with van der Waals surface area (Å²) < 4.78 is 6.06. The van der Waals surface area contributed by atoms with Gasteiger partial charge in [0.2, 0.25) is 0 Å². The van der Waals surface area contributed by atoms with Gasteiger partial charge in [-0.2, -0.15) is 0 Å². The van der Waals surface area contributed by atoms with Crippen molar-refractivity contribution < 1.29 is 9.53 Å². The van der Waals surface area contributed by atoms with E-state index in [9.17, 15) is 4.79 Å². The molecule has 0 spiro atoms. The summed E-state index contributed by atoms with van der Waals surface area (Å²) >= 11 is 3.49. The Morgan fingerprint density at radius 2 is 1.91 bits per heavy atom. The van der Waals surface area contributed by atoms with Crippen molar-refractivity contribution in [1.29, 1.82) is 0 Å². The Bertz CT molecular complexity index is 631. The Hall–Kier alpha value is -1.36. The lowest BCUT2D eigenvalue weighted by Crippen LogP contribution is -2.18. The number of carbonyl (C=O) groups is 1. The Morgan fingerprint density at radius 3 is 2.52 bits per heavy atom. The molecule has 0 radical (unpaired) electrons. The van der Waals surface area contributed by atoms with Crippen LogP contribution in [-0.2, 0) is 11.3 Å². The zero-order valence-corrected chi connectivity index (χ0v) is 15.6. The molecule has 1 unspecified atom stereocenters. The standard InChI is InChI=1S/C18H20BrNO2.ClH/c1-3-22-18(21)15-9-7-14(8-10-15)12-20-13(2)16-5-4-6-17(19)11-16;/h4-11,13,20H,3,12H2,1-2H3;1H. The number of esters is 1. The molecule has 124 valence electrons. The van der Waals surface area contributed by atoms with Crippen LogP contribution in [0.5, 0.6) is 0 Å². The molecule has 0 aromatic heterocycles. The van der Waals surface area contributed by atoms with Crippen molar-refractivity contribution in [1.82, 2.24) is 5.32 Å². The van der Waals surface area contributed by atoms with Crippen molar-refractivity contribution in [3.63, 3.8) is 0 Å². The molecule has 1 atom stereocenters. The third-order valence-electron chi connectivity index (χ3n) is 3.43. The molecular formula is C18H21BrClNO2. The summed E-state index contributed by atoms with van der Waals surface area (Å²) in [5.74, 6) is -0.274. The predicted molar refractivity (Wildman–Crippen MR) is 99.0 cm³/mol.